The molecule has 2 aromatic carbocycles. The van der Waals surface area contributed by atoms with Gasteiger partial charge in [-0.25, -0.2) is 0 Å². The summed E-state index contributed by atoms with van der Waals surface area (Å²) in [4.78, 5) is 0. The first-order valence-electron chi connectivity index (χ1n) is 10.1. The fourth-order valence-electron chi connectivity index (χ4n) is 3.42. The van der Waals surface area contributed by atoms with E-state index in [1.165, 1.54) is 0 Å². The molecule has 8 nitrogen and oxygen atoms in total. The summed E-state index contributed by atoms with van der Waals surface area (Å²) >= 11 is 8.79. The minimum absolute atomic E-state index is 0.566. The van der Waals surface area contributed by atoms with E-state index >= 15 is 0 Å². The predicted molar refractivity (Wildman–Crippen MR) is 128 cm³/mol. The molecule has 166 valence electrons. The average Bonchev–Trinajstić information content (AvgIpc) is 3.38. The van der Waals surface area contributed by atoms with Crippen LogP contribution in [0.25, 0.3) is 33.9 Å². The molecule has 2 heterocycles. The first kappa shape index (κ1) is 22.5. The fraction of sp³-hybridized carbons (Fsp3) is 0.273. The number of aromatic nitrogens is 6. The van der Waals surface area contributed by atoms with Crippen molar-refractivity contribution in [2.24, 2.45) is 0 Å². The van der Waals surface area contributed by atoms with E-state index in [9.17, 15) is 0 Å². The van der Waals surface area contributed by atoms with Gasteiger partial charge in [0.1, 0.15) is 0 Å². The van der Waals surface area contributed by atoms with Crippen LogP contribution in [0.4, 0.5) is 0 Å². The number of thiol groups is 2. The summed E-state index contributed by atoms with van der Waals surface area (Å²) in [7, 11) is 3.34. The molecule has 0 unspecified atom stereocenters. The van der Waals surface area contributed by atoms with E-state index in [4.69, 9.17) is 9.47 Å². The van der Waals surface area contributed by atoms with Gasteiger partial charge >= 0.3 is 0 Å². The Morgan fingerprint density at radius 1 is 0.594 bits per heavy atom. The van der Waals surface area contributed by atoms with Crippen molar-refractivity contribution in [2.75, 3.05) is 27.4 Å². The molecular formula is C22H24N6O2S2. The molecule has 0 amide bonds. The highest BCUT2D eigenvalue weighted by molar-refractivity contribution is 7.80. The van der Waals surface area contributed by atoms with Crippen molar-refractivity contribution in [1.82, 2.24) is 29.5 Å². The molecule has 0 saturated heterocycles. The largest absolute Gasteiger partial charge is 0.383 e. The Morgan fingerprint density at radius 2 is 0.938 bits per heavy atom. The van der Waals surface area contributed by atoms with Gasteiger partial charge in [-0.1, -0.05) is 48.5 Å². The zero-order valence-electron chi connectivity index (χ0n) is 17.8. The number of nitrogens with zero attached hydrogens (tertiary/aromatic N) is 6. The molecule has 4 rings (SSSR count). The molecule has 0 bridgehead atoms. The Kier molecular flexibility index (Phi) is 7.26. The van der Waals surface area contributed by atoms with Crippen molar-refractivity contribution in [1.29, 1.82) is 0 Å². The van der Waals surface area contributed by atoms with Gasteiger partial charge in [0.05, 0.1) is 26.3 Å². The average molecular weight is 469 g/mol. The smallest absolute Gasteiger partial charge is 0.188 e. The standard InChI is InChI=1S/C22H24N6O2S2/c1-29-13-11-27-19(23-25-21(27)31)17-7-3-15(4-8-17)16-5-9-18(10-6-16)20-24-26-22(32)28(20)12-14-30-2/h3-10H,11-14H2,1-2H3,(H,25,31)(H,26,32). The molecule has 0 atom stereocenters. The molecule has 32 heavy (non-hydrogen) atoms. The van der Waals surface area contributed by atoms with Gasteiger partial charge in [0, 0.05) is 25.3 Å². The molecular weight excluding hydrogens is 444 g/mol. The number of ether oxygens (including phenoxy) is 2. The Bertz CT molecular complexity index is 1080. The minimum Gasteiger partial charge on any atom is -0.383 e. The van der Waals surface area contributed by atoms with Crippen LogP contribution in [-0.2, 0) is 22.6 Å². The van der Waals surface area contributed by atoms with Crippen molar-refractivity contribution < 1.29 is 9.47 Å². The summed E-state index contributed by atoms with van der Waals surface area (Å²) < 4.78 is 14.2. The lowest BCUT2D eigenvalue weighted by molar-refractivity contribution is 0.185. The van der Waals surface area contributed by atoms with Crippen LogP contribution in [0.15, 0.2) is 58.8 Å². The van der Waals surface area contributed by atoms with E-state index in [0.29, 0.717) is 36.6 Å². The van der Waals surface area contributed by atoms with Crippen LogP contribution in [0.5, 0.6) is 0 Å². The molecule has 0 aliphatic heterocycles. The maximum atomic E-state index is 5.18. The van der Waals surface area contributed by atoms with Crippen LogP contribution in [0, 0.1) is 0 Å². The summed E-state index contributed by atoms with van der Waals surface area (Å²) in [6.07, 6.45) is 0. The summed E-state index contributed by atoms with van der Waals surface area (Å²) in [6.45, 7) is 2.42. The Hall–Kier alpha value is -2.66. The molecule has 0 aliphatic carbocycles. The number of hydrogen-bond donors (Lipinski definition) is 2. The lowest BCUT2D eigenvalue weighted by Gasteiger charge is -2.10. The summed E-state index contributed by atoms with van der Waals surface area (Å²) in [5.74, 6) is 1.54. The van der Waals surface area contributed by atoms with Crippen LogP contribution in [0.3, 0.4) is 0 Å². The quantitative estimate of drug-likeness (QED) is 0.364. The van der Waals surface area contributed by atoms with Crippen molar-refractivity contribution in [2.45, 2.75) is 23.4 Å². The number of hydrogen-bond acceptors (Lipinski definition) is 8. The van der Waals surface area contributed by atoms with Crippen molar-refractivity contribution in [3.05, 3.63) is 48.5 Å². The second-order valence-electron chi connectivity index (χ2n) is 7.09. The zero-order valence-corrected chi connectivity index (χ0v) is 19.6. The van der Waals surface area contributed by atoms with Gasteiger partial charge in [0.25, 0.3) is 0 Å². The molecule has 0 fully saturated rings. The lowest BCUT2D eigenvalue weighted by Crippen LogP contribution is -2.06. The van der Waals surface area contributed by atoms with Crippen molar-refractivity contribution in [3.63, 3.8) is 0 Å². The Morgan fingerprint density at radius 3 is 1.28 bits per heavy atom. The molecule has 10 heteroatoms. The van der Waals surface area contributed by atoms with Gasteiger partial charge in [0.15, 0.2) is 22.0 Å². The van der Waals surface area contributed by atoms with Gasteiger partial charge in [-0.15, -0.1) is 45.7 Å². The lowest BCUT2D eigenvalue weighted by atomic mass is 10.0. The van der Waals surface area contributed by atoms with Crippen LogP contribution in [0.2, 0.25) is 0 Å². The summed E-state index contributed by atoms with van der Waals surface area (Å²) in [6, 6.07) is 16.5. The second-order valence-corrected chi connectivity index (χ2v) is 7.89. The predicted octanol–water partition coefficient (Wildman–Crippen LogP) is 3.74. The van der Waals surface area contributed by atoms with Gasteiger partial charge in [-0.2, -0.15) is 0 Å². The highest BCUT2D eigenvalue weighted by atomic mass is 32.1. The third kappa shape index (κ3) is 4.73. The van der Waals surface area contributed by atoms with Gasteiger partial charge in [-0.3, -0.25) is 9.13 Å². The van der Waals surface area contributed by atoms with E-state index in [1.807, 2.05) is 33.4 Å². The third-order valence-electron chi connectivity index (χ3n) is 5.12. The summed E-state index contributed by atoms with van der Waals surface area (Å²) in [5, 5.41) is 17.9. The zero-order chi connectivity index (χ0) is 22.5. The summed E-state index contributed by atoms with van der Waals surface area (Å²) in [5.41, 5.74) is 4.15. The van der Waals surface area contributed by atoms with Gasteiger partial charge in [0.2, 0.25) is 0 Å². The topological polar surface area (TPSA) is 79.9 Å². The second kappa shape index (κ2) is 10.3. The highest BCUT2D eigenvalue weighted by Gasteiger charge is 2.13. The normalized spacial score (nSPS) is 11.2. The van der Waals surface area contributed by atoms with E-state index in [1.54, 1.807) is 14.2 Å². The molecule has 2 aromatic heterocycles. The van der Waals surface area contributed by atoms with Crippen LogP contribution in [0.1, 0.15) is 0 Å². The molecule has 0 aliphatic rings. The maximum absolute atomic E-state index is 5.18. The molecule has 0 N–H and O–H groups in total. The molecule has 0 saturated carbocycles. The van der Waals surface area contributed by atoms with Gasteiger partial charge in [-0.05, 0) is 11.1 Å². The number of methoxy groups -OCH3 is 2. The first-order chi connectivity index (χ1) is 15.6. The molecule has 0 radical (unpaired) electrons. The molecule has 4 aromatic rings. The van der Waals surface area contributed by atoms with Crippen molar-refractivity contribution in [3.8, 4) is 33.9 Å². The number of rotatable bonds is 9. The third-order valence-corrected chi connectivity index (χ3v) is 5.78. The minimum atomic E-state index is 0.566. The van der Waals surface area contributed by atoms with Crippen LogP contribution in [-0.4, -0.2) is 57.0 Å². The molecule has 0 spiro atoms. The maximum Gasteiger partial charge on any atom is 0.188 e. The van der Waals surface area contributed by atoms with Gasteiger partial charge < -0.3 is 9.47 Å². The van der Waals surface area contributed by atoms with E-state index in [0.717, 1.165) is 33.9 Å². The SMILES string of the molecule is COCCn1c(S)nnc1-c1ccc(-c2ccc(-c3nnc(S)n3CCOC)cc2)cc1. The Labute approximate surface area is 197 Å². The fourth-order valence-corrected chi connectivity index (χ4v) is 3.90. The Balaban J connectivity index is 1.55. The van der Waals surface area contributed by atoms with E-state index in [2.05, 4.69) is 69.9 Å². The number of benzene rings is 2. The van der Waals surface area contributed by atoms with E-state index < -0.39 is 0 Å². The first-order valence-corrected chi connectivity index (χ1v) is 10.9. The van der Waals surface area contributed by atoms with Crippen LogP contribution >= 0.6 is 25.3 Å². The monoisotopic (exact) mass is 468 g/mol. The van der Waals surface area contributed by atoms with Crippen LogP contribution < -0.4 is 0 Å². The van der Waals surface area contributed by atoms with Crippen molar-refractivity contribution >= 4 is 25.3 Å². The highest BCUT2D eigenvalue weighted by Crippen LogP contribution is 2.27. The van der Waals surface area contributed by atoms with E-state index in [-0.39, 0.29) is 0 Å².